The number of guanidine groups is 1. The zero-order valence-electron chi connectivity index (χ0n) is 15.4. The molecule has 0 saturated carbocycles. The number of hydrogen-bond acceptors (Lipinski definition) is 4. The van der Waals surface area contributed by atoms with Crippen molar-refractivity contribution >= 4 is 5.96 Å². The minimum absolute atomic E-state index is 0.0127. The minimum atomic E-state index is -2.94. The summed E-state index contributed by atoms with van der Waals surface area (Å²) in [6.07, 6.45) is 1.72. The van der Waals surface area contributed by atoms with Gasteiger partial charge < -0.3 is 20.1 Å². The summed E-state index contributed by atoms with van der Waals surface area (Å²) in [5.41, 5.74) is 1.37. The van der Waals surface area contributed by atoms with Gasteiger partial charge in [0.05, 0.1) is 25.4 Å². The third-order valence-electron chi connectivity index (χ3n) is 3.48. The molecule has 0 aliphatic rings. The molecular formula is C19H24F2N4O2. The Morgan fingerprint density at radius 2 is 2.00 bits per heavy atom. The van der Waals surface area contributed by atoms with Gasteiger partial charge in [-0.05, 0) is 32.0 Å². The van der Waals surface area contributed by atoms with Crippen molar-refractivity contribution in [2.75, 3.05) is 13.2 Å². The van der Waals surface area contributed by atoms with Crippen LogP contribution in [-0.4, -0.2) is 30.7 Å². The average Bonchev–Trinajstić information content (AvgIpc) is 2.66. The predicted molar refractivity (Wildman–Crippen MR) is 100 cm³/mol. The Hall–Kier alpha value is -2.90. The molecule has 1 heterocycles. The highest BCUT2D eigenvalue weighted by Gasteiger charge is 2.15. The van der Waals surface area contributed by atoms with Crippen LogP contribution in [0.5, 0.6) is 11.5 Å². The molecule has 0 atom stereocenters. The maximum Gasteiger partial charge on any atom is 0.387 e. The first-order valence-corrected chi connectivity index (χ1v) is 8.75. The van der Waals surface area contributed by atoms with E-state index in [1.165, 1.54) is 0 Å². The van der Waals surface area contributed by atoms with E-state index >= 15 is 0 Å². The topological polar surface area (TPSA) is 67.8 Å². The van der Waals surface area contributed by atoms with E-state index in [0.717, 1.165) is 5.69 Å². The lowest BCUT2D eigenvalue weighted by atomic mass is 10.2. The maximum absolute atomic E-state index is 12.8. The number of para-hydroxylation sites is 1. The van der Waals surface area contributed by atoms with Crippen LogP contribution in [0.15, 0.2) is 47.6 Å². The van der Waals surface area contributed by atoms with Crippen LogP contribution in [0.2, 0.25) is 0 Å². The van der Waals surface area contributed by atoms with E-state index in [9.17, 15) is 8.78 Å². The van der Waals surface area contributed by atoms with Gasteiger partial charge in [-0.15, -0.1) is 0 Å². The van der Waals surface area contributed by atoms with Crippen LogP contribution in [0.1, 0.15) is 25.1 Å². The van der Waals surface area contributed by atoms with Gasteiger partial charge >= 0.3 is 6.61 Å². The Labute approximate surface area is 157 Å². The summed E-state index contributed by atoms with van der Waals surface area (Å²) in [7, 11) is 0. The van der Waals surface area contributed by atoms with Crippen LogP contribution in [0.4, 0.5) is 8.78 Å². The van der Waals surface area contributed by atoms with Gasteiger partial charge in [0.1, 0.15) is 0 Å². The quantitative estimate of drug-likeness (QED) is 0.517. The number of pyridine rings is 1. The van der Waals surface area contributed by atoms with E-state index in [1.807, 2.05) is 25.1 Å². The van der Waals surface area contributed by atoms with Gasteiger partial charge in [-0.3, -0.25) is 4.98 Å². The second-order valence-electron chi connectivity index (χ2n) is 5.43. The summed E-state index contributed by atoms with van der Waals surface area (Å²) in [6, 6.07) is 10.7. The smallest absolute Gasteiger partial charge is 0.387 e. The van der Waals surface area contributed by atoms with Crippen LogP contribution in [0.25, 0.3) is 0 Å². The number of aromatic nitrogens is 1. The monoisotopic (exact) mass is 378 g/mol. The van der Waals surface area contributed by atoms with Crippen LogP contribution >= 0.6 is 0 Å². The lowest BCUT2D eigenvalue weighted by Gasteiger charge is -2.15. The lowest BCUT2D eigenvalue weighted by Crippen LogP contribution is -2.37. The third kappa shape index (κ3) is 6.73. The second kappa shape index (κ2) is 10.9. The van der Waals surface area contributed by atoms with Crippen LogP contribution in [-0.2, 0) is 13.1 Å². The van der Waals surface area contributed by atoms with E-state index in [4.69, 9.17) is 4.74 Å². The first-order valence-electron chi connectivity index (χ1n) is 8.75. The number of halogens is 2. The zero-order chi connectivity index (χ0) is 19.5. The van der Waals surface area contributed by atoms with Crippen LogP contribution in [0, 0.1) is 0 Å². The Morgan fingerprint density at radius 1 is 1.15 bits per heavy atom. The van der Waals surface area contributed by atoms with Gasteiger partial charge in [0.15, 0.2) is 17.5 Å². The van der Waals surface area contributed by atoms with Gasteiger partial charge in [0.25, 0.3) is 0 Å². The normalized spacial score (nSPS) is 11.4. The highest BCUT2D eigenvalue weighted by atomic mass is 19.3. The molecule has 27 heavy (non-hydrogen) atoms. The van der Waals surface area contributed by atoms with Crippen molar-refractivity contribution in [1.29, 1.82) is 0 Å². The fraction of sp³-hybridized carbons (Fsp3) is 0.368. The molecular weight excluding hydrogens is 354 g/mol. The number of aliphatic imine (C=N–C) groups is 1. The number of benzene rings is 1. The maximum atomic E-state index is 12.8. The Balaban J connectivity index is 2.14. The molecule has 0 fully saturated rings. The molecule has 0 amide bonds. The van der Waals surface area contributed by atoms with E-state index in [0.29, 0.717) is 31.2 Å². The molecule has 1 aromatic heterocycles. The minimum Gasteiger partial charge on any atom is -0.490 e. The summed E-state index contributed by atoms with van der Waals surface area (Å²) >= 11 is 0. The largest absolute Gasteiger partial charge is 0.490 e. The summed E-state index contributed by atoms with van der Waals surface area (Å²) in [4.78, 5) is 8.70. The van der Waals surface area contributed by atoms with Gasteiger partial charge in [-0.1, -0.05) is 18.2 Å². The van der Waals surface area contributed by atoms with E-state index < -0.39 is 6.61 Å². The Kier molecular flexibility index (Phi) is 8.28. The number of alkyl halides is 2. The van der Waals surface area contributed by atoms with Crippen LogP contribution in [0.3, 0.4) is 0 Å². The van der Waals surface area contributed by atoms with Crippen molar-refractivity contribution in [1.82, 2.24) is 15.6 Å². The molecule has 2 N–H and O–H groups in total. The molecule has 0 saturated heterocycles. The molecule has 0 aliphatic carbocycles. The number of nitrogens with zero attached hydrogens (tertiary/aromatic N) is 2. The second-order valence-corrected chi connectivity index (χ2v) is 5.43. The van der Waals surface area contributed by atoms with Gasteiger partial charge in [0, 0.05) is 18.3 Å². The van der Waals surface area contributed by atoms with Crippen molar-refractivity contribution in [2.24, 2.45) is 4.99 Å². The van der Waals surface area contributed by atoms with Crippen molar-refractivity contribution < 1.29 is 18.3 Å². The highest BCUT2D eigenvalue weighted by molar-refractivity contribution is 5.79. The molecule has 2 rings (SSSR count). The molecule has 146 valence electrons. The van der Waals surface area contributed by atoms with E-state index in [2.05, 4.69) is 25.3 Å². The highest BCUT2D eigenvalue weighted by Crippen LogP contribution is 2.33. The van der Waals surface area contributed by atoms with Gasteiger partial charge in [0.2, 0.25) is 0 Å². The Bertz CT molecular complexity index is 727. The average molecular weight is 378 g/mol. The van der Waals surface area contributed by atoms with Crippen LogP contribution < -0.4 is 20.1 Å². The zero-order valence-corrected chi connectivity index (χ0v) is 15.4. The van der Waals surface area contributed by atoms with Crippen molar-refractivity contribution in [3.63, 3.8) is 0 Å². The van der Waals surface area contributed by atoms with Crippen molar-refractivity contribution in [2.45, 2.75) is 33.5 Å². The number of hydrogen-bond donors (Lipinski definition) is 2. The summed E-state index contributed by atoms with van der Waals surface area (Å²) in [5, 5.41) is 6.28. The molecule has 2 aromatic rings. The first-order chi connectivity index (χ1) is 13.1. The van der Waals surface area contributed by atoms with Crippen molar-refractivity contribution in [3.8, 4) is 11.5 Å². The van der Waals surface area contributed by atoms with E-state index in [-0.39, 0.29) is 18.0 Å². The molecule has 8 heteroatoms. The van der Waals surface area contributed by atoms with Gasteiger partial charge in [-0.25, -0.2) is 4.99 Å². The Morgan fingerprint density at radius 3 is 2.67 bits per heavy atom. The number of rotatable bonds is 9. The SMILES string of the molecule is CCNC(=NCc1cccc(OCC)c1OC(F)F)NCc1ccccn1. The fourth-order valence-electron chi connectivity index (χ4n) is 2.36. The number of nitrogens with one attached hydrogen (secondary N) is 2. The van der Waals surface area contributed by atoms with Crippen molar-refractivity contribution in [3.05, 3.63) is 53.9 Å². The fourth-order valence-corrected chi connectivity index (χ4v) is 2.36. The number of ether oxygens (including phenoxy) is 2. The molecule has 0 unspecified atom stereocenters. The molecule has 0 spiro atoms. The standard InChI is InChI=1S/C19H24F2N4O2/c1-3-22-19(25-13-15-9-5-6-11-23-15)24-12-14-8-7-10-16(26-4-2)17(14)27-18(20)21/h5-11,18H,3-4,12-13H2,1-2H3,(H2,22,24,25). The molecule has 1 aromatic carbocycles. The summed E-state index contributed by atoms with van der Waals surface area (Å²) < 4.78 is 35.7. The third-order valence-corrected chi connectivity index (χ3v) is 3.48. The molecule has 0 aliphatic heterocycles. The van der Waals surface area contributed by atoms with Gasteiger partial charge in [-0.2, -0.15) is 8.78 Å². The predicted octanol–water partition coefficient (Wildman–Crippen LogP) is 3.34. The summed E-state index contributed by atoms with van der Waals surface area (Å²) in [5.74, 6) is 0.837. The summed E-state index contributed by atoms with van der Waals surface area (Å²) in [6.45, 7) is 2.44. The lowest BCUT2D eigenvalue weighted by molar-refractivity contribution is -0.0520. The van der Waals surface area contributed by atoms with E-state index in [1.54, 1.807) is 31.3 Å². The molecule has 0 bridgehead atoms. The molecule has 6 nitrogen and oxygen atoms in total. The molecule has 0 radical (unpaired) electrons. The first kappa shape index (κ1) is 20.4.